The number of hydrogen-bond acceptors (Lipinski definition) is 7. The van der Waals surface area contributed by atoms with Crippen LogP contribution in [0.5, 0.6) is 0 Å². The van der Waals surface area contributed by atoms with Gasteiger partial charge in [0, 0.05) is 0 Å². The van der Waals surface area contributed by atoms with Gasteiger partial charge >= 0.3 is 5.69 Å². The standard InChI is InChI=1S/C8H13N3O6/c12-2-5(14)6(3-13)17-4-11-8(16)10-7(15)1-9-11/h1,5-6,12-14H,2-4H2,(H,10,15,16)/t5-,6-/m1/s1. The Morgan fingerprint density at radius 2 is 2.12 bits per heavy atom. The average molecular weight is 247 g/mol. The second kappa shape index (κ2) is 6.25. The number of aliphatic hydroxyl groups excluding tert-OH is 3. The third-order valence-corrected chi connectivity index (χ3v) is 1.99. The van der Waals surface area contributed by atoms with Crippen molar-refractivity contribution in [2.45, 2.75) is 18.9 Å². The molecule has 2 atom stereocenters. The zero-order chi connectivity index (χ0) is 12.8. The molecule has 0 amide bonds. The first-order valence-electron chi connectivity index (χ1n) is 4.76. The number of ether oxygens (including phenoxy) is 1. The molecule has 0 bridgehead atoms. The molecule has 0 aromatic carbocycles. The largest absolute Gasteiger partial charge is 0.394 e. The quantitative estimate of drug-likeness (QED) is 0.411. The summed E-state index contributed by atoms with van der Waals surface area (Å²) in [5, 5.41) is 30.2. The molecule has 0 fully saturated rings. The zero-order valence-corrected chi connectivity index (χ0v) is 8.81. The fourth-order valence-corrected chi connectivity index (χ4v) is 1.04. The number of H-pyrrole nitrogens is 1. The van der Waals surface area contributed by atoms with Gasteiger partial charge in [-0.25, -0.2) is 4.79 Å². The van der Waals surface area contributed by atoms with Crippen molar-refractivity contribution in [1.29, 1.82) is 0 Å². The Balaban J connectivity index is 2.66. The molecule has 1 heterocycles. The van der Waals surface area contributed by atoms with E-state index < -0.39 is 36.7 Å². The summed E-state index contributed by atoms with van der Waals surface area (Å²) in [6, 6.07) is 0. The van der Waals surface area contributed by atoms with E-state index in [1.807, 2.05) is 4.98 Å². The number of hydrogen-bond donors (Lipinski definition) is 4. The zero-order valence-electron chi connectivity index (χ0n) is 8.81. The number of rotatable bonds is 6. The van der Waals surface area contributed by atoms with Crippen LogP contribution in [0.1, 0.15) is 0 Å². The molecule has 0 aliphatic rings. The third-order valence-electron chi connectivity index (χ3n) is 1.99. The maximum absolute atomic E-state index is 11.2. The number of aliphatic hydroxyl groups is 3. The van der Waals surface area contributed by atoms with Crippen LogP contribution in [0.25, 0.3) is 0 Å². The molecular formula is C8H13N3O6. The minimum Gasteiger partial charge on any atom is -0.394 e. The summed E-state index contributed by atoms with van der Waals surface area (Å²) < 4.78 is 5.77. The highest BCUT2D eigenvalue weighted by molar-refractivity contribution is 4.69. The van der Waals surface area contributed by atoms with Gasteiger partial charge in [-0.15, -0.1) is 0 Å². The highest BCUT2D eigenvalue weighted by atomic mass is 16.5. The minimum atomic E-state index is -1.27. The summed E-state index contributed by atoms with van der Waals surface area (Å²) in [4.78, 5) is 23.8. The molecule has 0 radical (unpaired) electrons. The molecule has 0 spiro atoms. The number of nitrogens with one attached hydrogen (secondary N) is 1. The summed E-state index contributed by atoms with van der Waals surface area (Å²) in [6.45, 7) is -1.48. The van der Waals surface area contributed by atoms with Crippen molar-refractivity contribution in [3.8, 4) is 0 Å². The summed E-state index contributed by atoms with van der Waals surface area (Å²) in [6.07, 6.45) is -1.42. The Morgan fingerprint density at radius 3 is 2.65 bits per heavy atom. The Bertz CT molecular complexity index is 455. The number of aromatic nitrogens is 3. The molecule has 0 aliphatic heterocycles. The van der Waals surface area contributed by atoms with Crippen LogP contribution in [0, 0.1) is 0 Å². The molecule has 96 valence electrons. The Morgan fingerprint density at radius 1 is 1.41 bits per heavy atom. The van der Waals surface area contributed by atoms with Crippen molar-refractivity contribution in [3.63, 3.8) is 0 Å². The fourth-order valence-electron chi connectivity index (χ4n) is 1.04. The molecule has 1 rings (SSSR count). The molecule has 17 heavy (non-hydrogen) atoms. The number of nitrogens with zero attached hydrogens (tertiary/aromatic N) is 2. The predicted molar refractivity (Wildman–Crippen MR) is 54.2 cm³/mol. The highest BCUT2D eigenvalue weighted by Crippen LogP contribution is 1.98. The lowest BCUT2D eigenvalue weighted by Gasteiger charge is -2.19. The molecule has 9 heteroatoms. The van der Waals surface area contributed by atoms with Crippen molar-refractivity contribution in [2.24, 2.45) is 0 Å². The average Bonchev–Trinajstić information content (AvgIpc) is 2.31. The van der Waals surface area contributed by atoms with Crippen LogP contribution in [0.4, 0.5) is 0 Å². The van der Waals surface area contributed by atoms with Gasteiger partial charge in [0.05, 0.1) is 13.2 Å². The molecule has 1 aromatic rings. The maximum atomic E-state index is 11.2. The highest BCUT2D eigenvalue weighted by Gasteiger charge is 2.18. The summed E-state index contributed by atoms with van der Waals surface area (Å²) >= 11 is 0. The van der Waals surface area contributed by atoms with Gasteiger partial charge in [-0.05, 0) is 0 Å². The Kier molecular flexibility index (Phi) is 4.97. The second-order valence-corrected chi connectivity index (χ2v) is 3.21. The lowest BCUT2D eigenvalue weighted by atomic mass is 10.2. The molecule has 0 saturated heterocycles. The molecular weight excluding hydrogens is 234 g/mol. The van der Waals surface area contributed by atoms with E-state index in [9.17, 15) is 14.7 Å². The van der Waals surface area contributed by atoms with Crippen LogP contribution in [-0.2, 0) is 11.5 Å². The van der Waals surface area contributed by atoms with E-state index in [4.69, 9.17) is 14.9 Å². The van der Waals surface area contributed by atoms with Gasteiger partial charge < -0.3 is 20.1 Å². The molecule has 0 aliphatic carbocycles. The van der Waals surface area contributed by atoms with Crippen LogP contribution >= 0.6 is 0 Å². The van der Waals surface area contributed by atoms with Crippen LogP contribution in [0.2, 0.25) is 0 Å². The van der Waals surface area contributed by atoms with Gasteiger partial charge in [-0.3, -0.25) is 9.78 Å². The SMILES string of the molecule is O=c1cnn(CO[C@H](CO)[C@H](O)CO)c(=O)[nH]1. The van der Waals surface area contributed by atoms with Crippen LogP contribution in [0.3, 0.4) is 0 Å². The molecule has 4 N–H and O–H groups in total. The normalized spacial score (nSPS) is 14.5. The number of aromatic amines is 1. The molecule has 0 unspecified atom stereocenters. The van der Waals surface area contributed by atoms with Crippen LogP contribution in [0.15, 0.2) is 15.8 Å². The lowest BCUT2D eigenvalue weighted by Crippen LogP contribution is -2.38. The summed E-state index contributed by atoms with van der Waals surface area (Å²) in [5.74, 6) is 0. The predicted octanol–water partition coefficient (Wildman–Crippen LogP) is -3.38. The molecule has 0 saturated carbocycles. The van der Waals surface area contributed by atoms with Gasteiger partial charge in [-0.2, -0.15) is 9.78 Å². The molecule has 1 aromatic heterocycles. The molecule has 9 nitrogen and oxygen atoms in total. The van der Waals surface area contributed by atoms with Crippen molar-refractivity contribution >= 4 is 0 Å². The van der Waals surface area contributed by atoms with E-state index in [0.29, 0.717) is 0 Å². The third kappa shape index (κ3) is 3.75. The maximum Gasteiger partial charge on any atom is 0.346 e. The summed E-state index contributed by atoms with van der Waals surface area (Å²) in [7, 11) is 0. The Hall–Kier alpha value is -1.55. The first-order chi connectivity index (χ1) is 8.08. The Labute approximate surface area is 94.9 Å². The van der Waals surface area contributed by atoms with Crippen molar-refractivity contribution in [3.05, 3.63) is 27.0 Å². The van der Waals surface area contributed by atoms with Crippen molar-refractivity contribution < 1.29 is 20.1 Å². The van der Waals surface area contributed by atoms with Gasteiger partial charge in [0.25, 0.3) is 5.56 Å². The second-order valence-electron chi connectivity index (χ2n) is 3.21. The van der Waals surface area contributed by atoms with E-state index in [2.05, 4.69) is 5.10 Å². The van der Waals surface area contributed by atoms with Gasteiger partial charge in [0.15, 0.2) is 0 Å². The first-order valence-corrected chi connectivity index (χ1v) is 4.76. The minimum absolute atomic E-state index is 0.363. The first kappa shape index (κ1) is 13.5. The topological polar surface area (TPSA) is 138 Å². The monoisotopic (exact) mass is 247 g/mol. The summed E-state index contributed by atoms with van der Waals surface area (Å²) in [5.41, 5.74) is -1.41. The van der Waals surface area contributed by atoms with Gasteiger partial charge in [0.2, 0.25) is 0 Å². The van der Waals surface area contributed by atoms with Crippen LogP contribution < -0.4 is 11.2 Å². The van der Waals surface area contributed by atoms with E-state index >= 15 is 0 Å². The lowest BCUT2D eigenvalue weighted by molar-refractivity contribution is -0.104. The van der Waals surface area contributed by atoms with E-state index in [1.165, 1.54) is 0 Å². The smallest absolute Gasteiger partial charge is 0.346 e. The van der Waals surface area contributed by atoms with E-state index in [-0.39, 0.29) is 6.73 Å². The van der Waals surface area contributed by atoms with Crippen molar-refractivity contribution in [1.82, 2.24) is 14.8 Å². The van der Waals surface area contributed by atoms with E-state index in [1.54, 1.807) is 0 Å². The van der Waals surface area contributed by atoms with Gasteiger partial charge in [-0.1, -0.05) is 0 Å². The van der Waals surface area contributed by atoms with E-state index in [0.717, 1.165) is 10.9 Å². The van der Waals surface area contributed by atoms with Crippen molar-refractivity contribution in [2.75, 3.05) is 13.2 Å². The fraction of sp³-hybridized carbons (Fsp3) is 0.625. The van der Waals surface area contributed by atoms with Crippen LogP contribution in [-0.4, -0.2) is 55.5 Å². The van der Waals surface area contributed by atoms with Gasteiger partial charge in [0.1, 0.15) is 25.1 Å².